The molecule has 0 fully saturated rings. The van der Waals surface area contributed by atoms with Crippen LogP contribution in [0.1, 0.15) is 49.4 Å². The standard InChI is InChI=1S/C32H38F3N3O4S/c1-6-29(31(40)36-19-22(2)3)37(20-25-14-10-23(4)11-15-25)30(39)21-38(27-9-7-8-26(18-27)32(33,34)35)43(41,42)28-16-12-24(5)13-17-28/h7-18,22,29H,6,19-21H2,1-5H3,(H,36,40). The average molecular weight is 618 g/mol. The summed E-state index contributed by atoms with van der Waals surface area (Å²) < 4.78 is 69.4. The van der Waals surface area contributed by atoms with Gasteiger partial charge in [0.05, 0.1) is 16.1 Å². The van der Waals surface area contributed by atoms with Gasteiger partial charge < -0.3 is 10.2 Å². The maximum atomic E-state index is 14.1. The Morgan fingerprint density at radius 2 is 1.49 bits per heavy atom. The Labute approximate surface area is 251 Å². The van der Waals surface area contributed by atoms with Gasteiger partial charge >= 0.3 is 6.18 Å². The predicted molar refractivity (Wildman–Crippen MR) is 161 cm³/mol. The Morgan fingerprint density at radius 3 is 2.02 bits per heavy atom. The number of anilines is 1. The fraction of sp³-hybridized carbons (Fsp3) is 0.375. The van der Waals surface area contributed by atoms with Crippen LogP contribution in [-0.2, 0) is 32.3 Å². The van der Waals surface area contributed by atoms with Gasteiger partial charge in [-0.05, 0) is 62.1 Å². The van der Waals surface area contributed by atoms with Gasteiger partial charge in [0, 0.05) is 13.1 Å². The van der Waals surface area contributed by atoms with Crippen LogP contribution in [0.5, 0.6) is 0 Å². The highest BCUT2D eigenvalue weighted by molar-refractivity contribution is 7.92. The van der Waals surface area contributed by atoms with Crippen molar-refractivity contribution in [2.24, 2.45) is 5.92 Å². The Bertz CT molecular complexity index is 1510. The van der Waals surface area contributed by atoms with Crippen molar-refractivity contribution in [2.75, 3.05) is 17.4 Å². The minimum atomic E-state index is -4.74. The molecule has 0 heterocycles. The zero-order valence-electron chi connectivity index (χ0n) is 25.0. The summed E-state index contributed by atoms with van der Waals surface area (Å²) in [6, 6.07) is 16.0. The highest BCUT2D eigenvalue weighted by Crippen LogP contribution is 2.33. The molecule has 0 aliphatic heterocycles. The number of aryl methyl sites for hydroxylation is 2. The number of rotatable bonds is 12. The summed E-state index contributed by atoms with van der Waals surface area (Å²) in [5.41, 5.74) is 1.10. The van der Waals surface area contributed by atoms with Crippen LogP contribution in [0.4, 0.5) is 18.9 Å². The van der Waals surface area contributed by atoms with Crippen LogP contribution in [0.25, 0.3) is 0 Å². The molecule has 7 nitrogen and oxygen atoms in total. The van der Waals surface area contributed by atoms with Crippen LogP contribution < -0.4 is 9.62 Å². The topological polar surface area (TPSA) is 86.8 Å². The SMILES string of the molecule is CCC(C(=O)NCC(C)C)N(Cc1ccc(C)cc1)C(=O)CN(c1cccc(C(F)(F)F)c1)S(=O)(=O)c1ccc(C)cc1. The van der Waals surface area contributed by atoms with Gasteiger partial charge in [-0.25, -0.2) is 8.42 Å². The Kier molecular flexibility index (Phi) is 11.0. The molecule has 3 aromatic carbocycles. The summed E-state index contributed by atoms with van der Waals surface area (Å²) in [4.78, 5) is 28.5. The summed E-state index contributed by atoms with van der Waals surface area (Å²) in [7, 11) is -4.50. The molecule has 2 amide bonds. The fourth-order valence-electron chi connectivity index (χ4n) is 4.44. The zero-order chi connectivity index (χ0) is 31.9. The Hall–Kier alpha value is -3.86. The van der Waals surface area contributed by atoms with Crippen molar-refractivity contribution in [3.05, 3.63) is 95.1 Å². The van der Waals surface area contributed by atoms with Crippen molar-refractivity contribution >= 4 is 27.5 Å². The Morgan fingerprint density at radius 1 is 0.907 bits per heavy atom. The molecule has 0 spiro atoms. The number of nitrogens with one attached hydrogen (secondary N) is 1. The van der Waals surface area contributed by atoms with Gasteiger partial charge in [0.2, 0.25) is 11.8 Å². The number of hydrogen-bond acceptors (Lipinski definition) is 4. The van der Waals surface area contributed by atoms with Crippen LogP contribution in [0.3, 0.4) is 0 Å². The van der Waals surface area contributed by atoms with E-state index < -0.39 is 46.2 Å². The first-order chi connectivity index (χ1) is 20.1. The number of carbonyl (C=O) groups excluding carboxylic acids is 2. The van der Waals surface area contributed by atoms with Crippen molar-refractivity contribution in [1.29, 1.82) is 0 Å². The number of carbonyl (C=O) groups is 2. The van der Waals surface area contributed by atoms with Crippen molar-refractivity contribution < 1.29 is 31.2 Å². The molecule has 0 aromatic heterocycles. The second kappa shape index (κ2) is 14.1. The van der Waals surface area contributed by atoms with Gasteiger partial charge in [0.1, 0.15) is 12.6 Å². The summed E-state index contributed by atoms with van der Waals surface area (Å²) in [6.07, 6.45) is -4.51. The van der Waals surface area contributed by atoms with Gasteiger partial charge in [0.15, 0.2) is 0 Å². The fourth-order valence-corrected chi connectivity index (χ4v) is 5.84. The number of amides is 2. The van der Waals surface area contributed by atoms with Crippen LogP contribution >= 0.6 is 0 Å². The number of benzene rings is 3. The van der Waals surface area contributed by atoms with E-state index in [4.69, 9.17) is 0 Å². The molecular formula is C32H38F3N3O4S. The molecule has 1 atom stereocenters. The van der Waals surface area contributed by atoms with E-state index in [2.05, 4.69) is 5.32 Å². The van der Waals surface area contributed by atoms with E-state index in [9.17, 15) is 31.2 Å². The van der Waals surface area contributed by atoms with Crippen LogP contribution in [0.15, 0.2) is 77.7 Å². The first-order valence-electron chi connectivity index (χ1n) is 14.0. The lowest BCUT2D eigenvalue weighted by Gasteiger charge is -2.33. The van der Waals surface area contributed by atoms with Gasteiger partial charge in [-0.2, -0.15) is 13.2 Å². The maximum Gasteiger partial charge on any atom is 0.416 e. The van der Waals surface area contributed by atoms with Gasteiger partial charge in [0.25, 0.3) is 10.0 Å². The summed E-state index contributed by atoms with van der Waals surface area (Å²) >= 11 is 0. The molecule has 1 unspecified atom stereocenters. The van der Waals surface area contributed by atoms with Gasteiger partial charge in [-0.3, -0.25) is 13.9 Å². The van der Waals surface area contributed by atoms with E-state index in [1.54, 1.807) is 26.0 Å². The molecule has 0 saturated heterocycles. The van der Waals surface area contributed by atoms with Crippen LogP contribution in [-0.4, -0.2) is 44.3 Å². The third-order valence-corrected chi connectivity index (χ3v) is 8.68. The van der Waals surface area contributed by atoms with E-state index in [-0.39, 0.29) is 29.5 Å². The number of halogens is 3. The van der Waals surface area contributed by atoms with E-state index >= 15 is 0 Å². The second-order valence-electron chi connectivity index (χ2n) is 10.9. The lowest BCUT2D eigenvalue weighted by Crippen LogP contribution is -2.52. The molecule has 0 aliphatic carbocycles. The molecule has 1 N–H and O–H groups in total. The normalized spacial score (nSPS) is 12.6. The summed E-state index contributed by atoms with van der Waals surface area (Å²) in [5.74, 6) is -0.984. The average Bonchev–Trinajstić information content (AvgIpc) is 2.95. The molecular weight excluding hydrogens is 579 g/mol. The van der Waals surface area contributed by atoms with Gasteiger partial charge in [-0.1, -0.05) is 74.4 Å². The van der Waals surface area contributed by atoms with Crippen molar-refractivity contribution in [3.8, 4) is 0 Å². The number of alkyl halides is 3. The van der Waals surface area contributed by atoms with Crippen molar-refractivity contribution in [3.63, 3.8) is 0 Å². The molecule has 3 rings (SSSR count). The molecule has 0 saturated carbocycles. The predicted octanol–water partition coefficient (Wildman–Crippen LogP) is 6.10. The monoisotopic (exact) mass is 617 g/mol. The molecule has 0 bridgehead atoms. The van der Waals surface area contributed by atoms with Crippen molar-refractivity contribution in [2.45, 2.75) is 64.7 Å². The third kappa shape index (κ3) is 8.82. The third-order valence-electron chi connectivity index (χ3n) is 6.89. The highest BCUT2D eigenvalue weighted by atomic mass is 32.2. The quantitative estimate of drug-likeness (QED) is 0.266. The lowest BCUT2D eigenvalue weighted by molar-refractivity contribution is -0.140. The largest absolute Gasteiger partial charge is 0.416 e. The first kappa shape index (κ1) is 33.6. The lowest BCUT2D eigenvalue weighted by atomic mass is 10.1. The minimum absolute atomic E-state index is 0.00622. The van der Waals surface area contributed by atoms with Crippen LogP contribution in [0, 0.1) is 19.8 Å². The minimum Gasteiger partial charge on any atom is -0.354 e. The highest BCUT2D eigenvalue weighted by Gasteiger charge is 2.36. The second-order valence-corrected chi connectivity index (χ2v) is 12.8. The first-order valence-corrected chi connectivity index (χ1v) is 15.5. The molecule has 0 aliphatic rings. The molecule has 11 heteroatoms. The van der Waals surface area contributed by atoms with Crippen LogP contribution in [0.2, 0.25) is 0 Å². The summed E-state index contributed by atoms with van der Waals surface area (Å²) in [5, 5.41) is 2.84. The van der Waals surface area contributed by atoms with Gasteiger partial charge in [-0.15, -0.1) is 0 Å². The maximum absolute atomic E-state index is 14.1. The zero-order valence-corrected chi connectivity index (χ0v) is 25.8. The summed E-state index contributed by atoms with van der Waals surface area (Å²) in [6.45, 7) is 8.82. The molecule has 43 heavy (non-hydrogen) atoms. The van der Waals surface area contributed by atoms with Crippen molar-refractivity contribution in [1.82, 2.24) is 10.2 Å². The van der Waals surface area contributed by atoms with E-state index in [0.29, 0.717) is 22.5 Å². The van der Waals surface area contributed by atoms with E-state index in [0.717, 1.165) is 23.3 Å². The molecule has 232 valence electrons. The smallest absolute Gasteiger partial charge is 0.354 e. The van der Waals surface area contributed by atoms with E-state index in [1.165, 1.54) is 23.1 Å². The Balaban J connectivity index is 2.10. The molecule has 0 radical (unpaired) electrons. The number of hydrogen-bond donors (Lipinski definition) is 1. The molecule has 3 aromatic rings. The van der Waals surface area contributed by atoms with E-state index in [1.807, 2.05) is 45.0 Å². The number of sulfonamides is 1. The number of nitrogens with zero attached hydrogens (tertiary/aromatic N) is 2.